The highest BCUT2D eigenvalue weighted by molar-refractivity contribution is 6.14. The van der Waals surface area contributed by atoms with Crippen molar-refractivity contribution in [3.8, 4) is 0 Å². The van der Waals surface area contributed by atoms with Crippen LogP contribution in [0.15, 0.2) is 34.1 Å². The number of hydrogen-bond donors (Lipinski definition) is 6. The van der Waals surface area contributed by atoms with Crippen LogP contribution in [0.2, 0.25) is 0 Å². The molecule has 2 aromatic heterocycles. The molecule has 6 N–H and O–H groups in total. The van der Waals surface area contributed by atoms with Crippen LogP contribution < -0.4 is 16.0 Å². The third kappa shape index (κ3) is 5.25. The number of aromatic nitrogens is 2. The molecule has 230 valence electrons. The average molecular weight is 599 g/mol. The predicted octanol–water partition coefficient (Wildman–Crippen LogP) is 4.37. The van der Waals surface area contributed by atoms with E-state index in [1.807, 2.05) is 32.1 Å². The van der Waals surface area contributed by atoms with Crippen LogP contribution in [-0.2, 0) is 9.59 Å². The number of fused-ring (bicyclic) bond motifs is 7. The topological polar surface area (TPSA) is 168 Å². The molecular formula is C34H38N4O6. The molecule has 5 rings (SSSR count). The standard InChI is InChI=1S/C34H38N4O6/c1-7-19-15(3)23-12-25-17(5)21(9-10-29(39)40)32(37-25)22(11-30(41)42)33-31(34(43)44)18(6)26(38-33)14-28-20(8-2)16(4)24(36-28)13-27(19)35-23/h7,12-14,17,21,24,35-36,38H,1,8-11H2,2-6H3,(H,39,40)(H,41,42)(H,43,44). The highest BCUT2D eigenvalue weighted by Crippen LogP contribution is 2.42. The minimum absolute atomic E-state index is 0.0258. The summed E-state index contributed by atoms with van der Waals surface area (Å²) in [7, 11) is 0. The second kappa shape index (κ2) is 11.7. The van der Waals surface area contributed by atoms with Gasteiger partial charge in [0.25, 0.3) is 0 Å². The average Bonchev–Trinajstić information content (AvgIpc) is 3.63. The third-order valence-corrected chi connectivity index (χ3v) is 9.20. The van der Waals surface area contributed by atoms with E-state index in [-0.39, 0.29) is 41.6 Å². The van der Waals surface area contributed by atoms with Crippen LogP contribution in [0.25, 0.3) is 29.9 Å². The first-order valence-corrected chi connectivity index (χ1v) is 14.8. The number of carboxylic acids is 3. The summed E-state index contributed by atoms with van der Waals surface area (Å²) in [5.74, 6) is -4.01. The number of nitrogens with zero attached hydrogens (tertiary/aromatic N) is 1. The number of aromatic amines is 2. The smallest absolute Gasteiger partial charge is 0.338 e. The van der Waals surface area contributed by atoms with Crippen LogP contribution >= 0.6 is 0 Å². The Labute approximate surface area is 255 Å². The monoisotopic (exact) mass is 598 g/mol. The summed E-state index contributed by atoms with van der Waals surface area (Å²) in [5, 5.41) is 35.2. The lowest BCUT2D eigenvalue weighted by Crippen LogP contribution is -2.25. The van der Waals surface area contributed by atoms with Gasteiger partial charge in [-0.05, 0) is 74.1 Å². The highest BCUT2D eigenvalue weighted by atomic mass is 16.4. The van der Waals surface area contributed by atoms with E-state index in [2.05, 4.69) is 41.8 Å². The van der Waals surface area contributed by atoms with Gasteiger partial charge >= 0.3 is 17.9 Å². The van der Waals surface area contributed by atoms with E-state index < -0.39 is 30.2 Å². The van der Waals surface area contributed by atoms with Crippen molar-refractivity contribution in [3.63, 3.8) is 0 Å². The van der Waals surface area contributed by atoms with Crippen LogP contribution in [0.4, 0.5) is 0 Å². The van der Waals surface area contributed by atoms with Gasteiger partial charge < -0.3 is 30.6 Å². The van der Waals surface area contributed by atoms with E-state index in [9.17, 15) is 29.7 Å². The van der Waals surface area contributed by atoms with Crippen LogP contribution in [0.5, 0.6) is 0 Å². The Morgan fingerprint density at radius 1 is 1.00 bits per heavy atom. The zero-order valence-electron chi connectivity index (χ0n) is 25.6. The van der Waals surface area contributed by atoms with Gasteiger partial charge in [-0.25, -0.2) is 4.79 Å². The fourth-order valence-corrected chi connectivity index (χ4v) is 6.78. The largest absolute Gasteiger partial charge is 0.481 e. The molecule has 10 heteroatoms. The molecule has 8 bridgehead atoms. The van der Waals surface area contributed by atoms with Gasteiger partial charge in [0.05, 0.1) is 29.4 Å². The van der Waals surface area contributed by atoms with Gasteiger partial charge in [0.15, 0.2) is 0 Å². The van der Waals surface area contributed by atoms with Crippen molar-refractivity contribution in [2.24, 2.45) is 16.8 Å². The lowest BCUT2D eigenvalue weighted by atomic mass is 9.84. The van der Waals surface area contributed by atoms with Gasteiger partial charge in [-0.2, -0.15) is 0 Å². The minimum Gasteiger partial charge on any atom is -0.481 e. The van der Waals surface area contributed by atoms with Gasteiger partial charge in [0.1, 0.15) is 0 Å². The van der Waals surface area contributed by atoms with Crippen molar-refractivity contribution in [1.29, 1.82) is 0 Å². The molecule has 3 aliphatic heterocycles. The molecule has 3 aliphatic rings. The molecule has 10 nitrogen and oxygen atoms in total. The Hall–Kier alpha value is -4.86. The molecule has 3 atom stereocenters. The van der Waals surface area contributed by atoms with Crippen molar-refractivity contribution < 1.29 is 29.7 Å². The van der Waals surface area contributed by atoms with Crippen molar-refractivity contribution in [3.05, 3.63) is 73.5 Å². The Bertz CT molecular complexity index is 1860. The lowest BCUT2D eigenvalue weighted by molar-refractivity contribution is -0.137. The fraction of sp³-hybridized carbons (Fsp3) is 0.353. The normalized spacial score (nSPS) is 20.9. The van der Waals surface area contributed by atoms with Crippen molar-refractivity contribution in [2.45, 2.75) is 66.3 Å². The summed E-state index contributed by atoms with van der Waals surface area (Å²) in [5.41, 5.74) is 7.48. The first-order chi connectivity index (χ1) is 20.9. The molecule has 2 aromatic rings. The van der Waals surface area contributed by atoms with Crippen LogP contribution in [0.1, 0.15) is 84.9 Å². The number of hydrogen-bond acceptors (Lipinski definition) is 5. The molecule has 0 amide bonds. The number of aliphatic imine (C=N–C) groups is 1. The predicted molar refractivity (Wildman–Crippen MR) is 170 cm³/mol. The van der Waals surface area contributed by atoms with Gasteiger partial charge in [0, 0.05) is 57.2 Å². The van der Waals surface area contributed by atoms with E-state index in [0.29, 0.717) is 22.7 Å². The summed E-state index contributed by atoms with van der Waals surface area (Å²) in [6.45, 7) is 13.8. The molecule has 0 fully saturated rings. The van der Waals surface area contributed by atoms with Crippen molar-refractivity contribution in [1.82, 2.24) is 15.3 Å². The Morgan fingerprint density at radius 3 is 2.34 bits per heavy atom. The number of carboxylic acid groups (broad SMARTS) is 3. The maximum Gasteiger partial charge on any atom is 0.338 e. The molecule has 44 heavy (non-hydrogen) atoms. The fourth-order valence-electron chi connectivity index (χ4n) is 6.78. The summed E-state index contributed by atoms with van der Waals surface area (Å²) in [4.78, 5) is 48.3. The van der Waals surface area contributed by atoms with E-state index in [4.69, 9.17) is 4.99 Å². The summed E-state index contributed by atoms with van der Waals surface area (Å²) < 4.78 is 0. The number of allylic oxidation sites excluding steroid dienone is 2. The second-order valence-electron chi connectivity index (χ2n) is 11.7. The summed E-state index contributed by atoms with van der Waals surface area (Å²) in [6.07, 6.45) is 8.08. The maximum atomic E-state index is 12.7. The molecule has 0 aromatic carbocycles. The van der Waals surface area contributed by atoms with Crippen molar-refractivity contribution >= 4 is 53.5 Å². The molecule has 0 aliphatic carbocycles. The molecule has 0 radical (unpaired) electrons. The zero-order valence-corrected chi connectivity index (χ0v) is 25.6. The number of aliphatic carboxylic acids is 2. The number of aromatic carboxylic acids is 1. The van der Waals surface area contributed by atoms with Crippen LogP contribution in [-0.4, -0.2) is 54.9 Å². The SMILES string of the molecule is C=Cc1c(C)c2[nH]c1=CC1NC(=Cc3[nH]c(c(C(=O)O)c3C)C(CC(=O)O)=C3N=C(C=2)C(C)C3CCC(=O)O)C(CC)=C1C. The molecule has 0 saturated carbocycles. The van der Waals surface area contributed by atoms with Crippen LogP contribution in [0.3, 0.4) is 0 Å². The van der Waals surface area contributed by atoms with Gasteiger partial charge in [0.2, 0.25) is 0 Å². The minimum atomic E-state index is -1.19. The number of carbonyl (C=O) groups is 3. The van der Waals surface area contributed by atoms with Crippen molar-refractivity contribution in [2.75, 3.05) is 0 Å². The highest BCUT2D eigenvalue weighted by Gasteiger charge is 2.36. The first kappa shape index (κ1) is 30.6. The Morgan fingerprint density at radius 2 is 1.73 bits per heavy atom. The van der Waals surface area contributed by atoms with E-state index in [1.54, 1.807) is 6.92 Å². The van der Waals surface area contributed by atoms with E-state index >= 15 is 0 Å². The molecule has 3 unspecified atom stereocenters. The number of rotatable bonds is 8. The second-order valence-corrected chi connectivity index (χ2v) is 11.7. The Balaban J connectivity index is 1.92. The Kier molecular flexibility index (Phi) is 8.11. The van der Waals surface area contributed by atoms with Crippen LogP contribution in [0, 0.1) is 25.7 Å². The van der Waals surface area contributed by atoms with E-state index in [0.717, 1.165) is 45.1 Å². The number of nitrogens with one attached hydrogen (secondary N) is 3. The van der Waals surface area contributed by atoms with E-state index in [1.165, 1.54) is 0 Å². The summed E-state index contributed by atoms with van der Waals surface area (Å²) >= 11 is 0. The third-order valence-electron chi connectivity index (χ3n) is 9.20. The molecule has 0 saturated heterocycles. The molecule has 0 spiro atoms. The van der Waals surface area contributed by atoms with Gasteiger partial charge in [-0.1, -0.05) is 26.5 Å². The summed E-state index contributed by atoms with van der Waals surface area (Å²) in [6, 6.07) is -0.125. The maximum absolute atomic E-state index is 12.7. The zero-order chi connectivity index (χ0) is 32.0. The van der Waals surface area contributed by atoms with Gasteiger partial charge in [-0.15, -0.1) is 0 Å². The molecule has 5 heterocycles. The lowest BCUT2D eigenvalue weighted by Gasteiger charge is -2.19. The first-order valence-electron chi connectivity index (χ1n) is 14.8. The number of H-pyrrole nitrogens is 2. The molecular weight excluding hydrogens is 560 g/mol. The quantitative estimate of drug-likeness (QED) is 0.262. The van der Waals surface area contributed by atoms with Gasteiger partial charge in [-0.3, -0.25) is 14.6 Å².